The Morgan fingerprint density at radius 2 is 2.18 bits per heavy atom. The Labute approximate surface area is 133 Å². The Hall–Kier alpha value is -1.65. The average molecular weight is 305 g/mol. The van der Waals surface area contributed by atoms with Gasteiger partial charge in [-0.3, -0.25) is 4.79 Å². The number of hydrogen-bond acceptors (Lipinski definition) is 5. The monoisotopic (exact) mass is 305 g/mol. The van der Waals surface area contributed by atoms with Crippen LogP contribution in [0.25, 0.3) is 0 Å². The number of aromatic nitrogens is 2. The highest BCUT2D eigenvalue weighted by molar-refractivity contribution is 5.76. The molecule has 2 rings (SSSR count). The molecule has 0 amide bonds. The lowest BCUT2D eigenvalue weighted by Crippen LogP contribution is -2.45. The van der Waals surface area contributed by atoms with E-state index in [-0.39, 0.29) is 11.9 Å². The summed E-state index contributed by atoms with van der Waals surface area (Å²) >= 11 is 0. The minimum absolute atomic E-state index is 0.132. The van der Waals surface area contributed by atoms with E-state index in [9.17, 15) is 4.79 Å². The van der Waals surface area contributed by atoms with Crippen LogP contribution in [-0.4, -0.2) is 36.1 Å². The van der Waals surface area contributed by atoms with E-state index in [1.54, 1.807) is 0 Å². The molecule has 22 heavy (non-hydrogen) atoms. The maximum Gasteiger partial charge on any atom is 0.311 e. The molecule has 5 nitrogen and oxygen atoms in total. The summed E-state index contributed by atoms with van der Waals surface area (Å²) in [4.78, 5) is 23.4. The predicted molar refractivity (Wildman–Crippen MR) is 86.9 cm³/mol. The highest BCUT2D eigenvalue weighted by Gasteiger charge is 2.40. The van der Waals surface area contributed by atoms with E-state index < -0.39 is 5.41 Å². The van der Waals surface area contributed by atoms with E-state index >= 15 is 0 Å². The third-order valence-corrected chi connectivity index (χ3v) is 4.72. The molecule has 1 fully saturated rings. The molecule has 1 unspecified atom stereocenters. The van der Waals surface area contributed by atoms with Crippen molar-refractivity contribution in [1.82, 2.24) is 9.97 Å². The van der Waals surface area contributed by atoms with Crippen LogP contribution < -0.4 is 4.90 Å². The van der Waals surface area contributed by atoms with Crippen molar-refractivity contribution in [2.75, 3.05) is 25.1 Å². The van der Waals surface area contributed by atoms with Crippen LogP contribution in [0.1, 0.15) is 45.1 Å². The first-order valence-corrected chi connectivity index (χ1v) is 8.06. The summed E-state index contributed by atoms with van der Waals surface area (Å²) in [5.74, 6) is 1.93. The zero-order valence-corrected chi connectivity index (χ0v) is 14.3. The van der Waals surface area contributed by atoms with E-state index in [0.717, 1.165) is 49.7 Å². The van der Waals surface area contributed by atoms with Crippen molar-refractivity contribution in [3.63, 3.8) is 0 Å². The highest BCUT2D eigenvalue weighted by Crippen LogP contribution is 2.36. The second-order valence-corrected chi connectivity index (χ2v) is 6.62. The summed E-state index contributed by atoms with van der Waals surface area (Å²) in [6.45, 7) is 9.81. The standard InChI is InChI=1S/C17H27N3O2/c1-6-14-10-15(19-12(2)18-14)20-9-7-8-13(11-20)17(3,4)16(21)22-5/h10,13H,6-9,11H2,1-5H3. The molecule has 1 saturated heterocycles. The summed E-state index contributed by atoms with van der Waals surface area (Å²) in [5, 5.41) is 0. The van der Waals surface area contributed by atoms with Crippen LogP contribution in [0.5, 0.6) is 0 Å². The van der Waals surface area contributed by atoms with Crippen molar-refractivity contribution in [2.24, 2.45) is 11.3 Å². The first kappa shape index (κ1) is 16.7. The van der Waals surface area contributed by atoms with Crippen molar-refractivity contribution in [1.29, 1.82) is 0 Å². The molecule has 0 spiro atoms. The molecule has 0 N–H and O–H groups in total. The number of carbonyl (C=O) groups excluding carboxylic acids is 1. The van der Waals surface area contributed by atoms with Crippen molar-refractivity contribution in [3.05, 3.63) is 17.6 Å². The Balaban J connectivity index is 2.20. The van der Waals surface area contributed by atoms with Crippen LogP contribution in [0.2, 0.25) is 0 Å². The van der Waals surface area contributed by atoms with Crippen molar-refractivity contribution < 1.29 is 9.53 Å². The fourth-order valence-corrected chi connectivity index (χ4v) is 3.16. The predicted octanol–water partition coefficient (Wildman–Crippen LogP) is 2.76. The van der Waals surface area contributed by atoms with Crippen LogP contribution in [0, 0.1) is 18.3 Å². The molecular formula is C17H27N3O2. The largest absolute Gasteiger partial charge is 0.469 e. The second kappa shape index (κ2) is 6.63. The zero-order chi connectivity index (χ0) is 16.3. The fourth-order valence-electron chi connectivity index (χ4n) is 3.16. The van der Waals surface area contributed by atoms with E-state index in [4.69, 9.17) is 4.74 Å². The van der Waals surface area contributed by atoms with Gasteiger partial charge in [-0.2, -0.15) is 0 Å². The van der Waals surface area contributed by atoms with Gasteiger partial charge in [0, 0.05) is 24.8 Å². The normalized spacial score (nSPS) is 19.1. The second-order valence-electron chi connectivity index (χ2n) is 6.62. The number of esters is 1. The van der Waals surface area contributed by atoms with Gasteiger partial charge in [0.25, 0.3) is 0 Å². The number of methoxy groups -OCH3 is 1. The van der Waals surface area contributed by atoms with Crippen LogP contribution in [-0.2, 0) is 16.0 Å². The number of carbonyl (C=O) groups is 1. The van der Waals surface area contributed by atoms with Crippen molar-refractivity contribution in [3.8, 4) is 0 Å². The molecule has 122 valence electrons. The van der Waals surface area contributed by atoms with Gasteiger partial charge in [0.15, 0.2) is 0 Å². The van der Waals surface area contributed by atoms with Gasteiger partial charge >= 0.3 is 5.97 Å². The summed E-state index contributed by atoms with van der Waals surface area (Å²) in [7, 11) is 1.46. The maximum absolute atomic E-state index is 12.1. The summed E-state index contributed by atoms with van der Waals surface area (Å²) in [6, 6.07) is 2.07. The molecule has 1 aliphatic rings. The van der Waals surface area contributed by atoms with Gasteiger partial charge in [0.1, 0.15) is 11.6 Å². The summed E-state index contributed by atoms with van der Waals surface area (Å²) in [6.07, 6.45) is 3.01. The van der Waals surface area contributed by atoms with Crippen LogP contribution in [0.15, 0.2) is 6.07 Å². The van der Waals surface area contributed by atoms with E-state index in [1.165, 1.54) is 7.11 Å². The summed E-state index contributed by atoms with van der Waals surface area (Å²) < 4.78 is 4.98. The number of ether oxygens (including phenoxy) is 1. The lowest BCUT2D eigenvalue weighted by Gasteiger charge is -2.40. The lowest BCUT2D eigenvalue weighted by molar-refractivity contribution is -0.154. The number of hydrogen-bond donors (Lipinski definition) is 0. The smallest absolute Gasteiger partial charge is 0.311 e. The maximum atomic E-state index is 12.1. The fraction of sp³-hybridized carbons (Fsp3) is 0.706. The molecule has 0 aliphatic carbocycles. The molecule has 1 atom stereocenters. The van der Waals surface area contributed by atoms with Gasteiger partial charge in [-0.25, -0.2) is 9.97 Å². The Morgan fingerprint density at radius 3 is 2.82 bits per heavy atom. The molecule has 0 radical (unpaired) electrons. The van der Waals surface area contributed by atoms with E-state index in [1.807, 2.05) is 20.8 Å². The molecule has 2 heterocycles. The minimum Gasteiger partial charge on any atom is -0.469 e. The third-order valence-electron chi connectivity index (χ3n) is 4.72. The zero-order valence-electron chi connectivity index (χ0n) is 14.3. The van der Waals surface area contributed by atoms with Gasteiger partial charge in [-0.1, -0.05) is 6.92 Å². The molecule has 1 aromatic heterocycles. The number of rotatable bonds is 4. The molecule has 0 aromatic carbocycles. The molecular weight excluding hydrogens is 278 g/mol. The molecule has 5 heteroatoms. The SMILES string of the molecule is CCc1cc(N2CCCC(C(C)(C)C(=O)OC)C2)nc(C)n1. The first-order valence-electron chi connectivity index (χ1n) is 8.06. The van der Waals surface area contributed by atoms with Gasteiger partial charge < -0.3 is 9.64 Å². The first-order chi connectivity index (χ1) is 10.4. The van der Waals surface area contributed by atoms with Crippen molar-refractivity contribution in [2.45, 2.75) is 47.0 Å². The topological polar surface area (TPSA) is 55.3 Å². The number of nitrogens with zero attached hydrogens (tertiary/aromatic N) is 3. The molecule has 0 saturated carbocycles. The average Bonchev–Trinajstić information content (AvgIpc) is 2.53. The van der Waals surface area contributed by atoms with E-state index in [2.05, 4.69) is 27.9 Å². The minimum atomic E-state index is -0.469. The lowest BCUT2D eigenvalue weighted by atomic mass is 9.74. The van der Waals surface area contributed by atoms with Gasteiger partial charge in [-0.15, -0.1) is 0 Å². The van der Waals surface area contributed by atoms with Gasteiger partial charge in [0.05, 0.1) is 12.5 Å². The summed E-state index contributed by atoms with van der Waals surface area (Å²) in [5.41, 5.74) is 0.597. The Morgan fingerprint density at radius 1 is 1.45 bits per heavy atom. The van der Waals surface area contributed by atoms with Crippen LogP contribution >= 0.6 is 0 Å². The van der Waals surface area contributed by atoms with Crippen LogP contribution in [0.4, 0.5) is 5.82 Å². The third kappa shape index (κ3) is 3.39. The highest BCUT2D eigenvalue weighted by atomic mass is 16.5. The molecule has 1 aliphatic heterocycles. The van der Waals surface area contributed by atoms with Gasteiger partial charge in [0.2, 0.25) is 0 Å². The number of piperidine rings is 1. The Bertz CT molecular complexity index is 543. The Kier molecular flexibility index (Phi) is 5.04. The number of anilines is 1. The molecule has 0 bridgehead atoms. The quantitative estimate of drug-likeness (QED) is 0.801. The van der Waals surface area contributed by atoms with Crippen LogP contribution in [0.3, 0.4) is 0 Å². The van der Waals surface area contributed by atoms with Gasteiger partial charge in [-0.05, 0) is 46.0 Å². The molecule has 1 aromatic rings. The number of aryl methyl sites for hydroxylation is 2. The van der Waals surface area contributed by atoms with Crippen molar-refractivity contribution >= 4 is 11.8 Å². The van der Waals surface area contributed by atoms with E-state index in [0.29, 0.717) is 0 Å².